The van der Waals surface area contributed by atoms with Gasteiger partial charge in [0.15, 0.2) is 0 Å². The van der Waals surface area contributed by atoms with E-state index in [0.717, 1.165) is 23.1 Å². The van der Waals surface area contributed by atoms with Crippen molar-refractivity contribution >= 4 is 5.91 Å². The molecule has 0 spiro atoms. The maximum atomic E-state index is 13.2. The van der Waals surface area contributed by atoms with Crippen LogP contribution >= 0.6 is 0 Å². The lowest BCUT2D eigenvalue weighted by molar-refractivity contribution is -0.134. The van der Waals surface area contributed by atoms with E-state index >= 15 is 0 Å². The Balaban J connectivity index is 1.87. The molecule has 1 aromatic heterocycles. The standard InChI is InChI=1S/C20H24N2O2/c1-14(2)19(15-7-5-4-6-8-15)20(24)22-10-9-16-11-18(23)21(3)12-17(16)13-22/h4-8,11-12,14,19H,9-10,13H2,1-3H3. The van der Waals surface area contributed by atoms with E-state index in [9.17, 15) is 9.59 Å². The van der Waals surface area contributed by atoms with Gasteiger partial charge in [0, 0.05) is 32.4 Å². The average Bonchev–Trinajstić information content (AvgIpc) is 2.56. The summed E-state index contributed by atoms with van der Waals surface area (Å²) in [4.78, 5) is 26.9. The van der Waals surface area contributed by atoms with Crippen molar-refractivity contribution in [3.63, 3.8) is 0 Å². The number of aryl methyl sites for hydroxylation is 1. The van der Waals surface area contributed by atoms with Crippen molar-refractivity contribution in [2.75, 3.05) is 6.54 Å². The van der Waals surface area contributed by atoms with Crippen molar-refractivity contribution in [1.29, 1.82) is 0 Å². The van der Waals surface area contributed by atoms with Crippen molar-refractivity contribution in [3.8, 4) is 0 Å². The van der Waals surface area contributed by atoms with E-state index in [1.807, 2.05) is 41.4 Å². The molecule has 2 aromatic rings. The topological polar surface area (TPSA) is 42.3 Å². The Bertz CT molecular complexity index is 793. The van der Waals surface area contributed by atoms with Gasteiger partial charge in [-0.2, -0.15) is 0 Å². The summed E-state index contributed by atoms with van der Waals surface area (Å²) in [6.07, 6.45) is 2.61. The minimum absolute atomic E-state index is 0.0119. The summed E-state index contributed by atoms with van der Waals surface area (Å²) in [6.45, 7) is 5.45. The number of carbonyl (C=O) groups excluding carboxylic acids is 1. The van der Waals surface area contributed by atoms with Gasteiger partial charge < -0.3 is 9.47 Å². The molecular weight excluding hydrogens is 300 g/mol. The van der Waals surface area contributed by atoms with Crippen LogP contribution in [-0.4, -0.2) is 21.9 Å². The van der Waals surface area contributed by atoms with Gasteiger partial charge >= 0.3 is 0 Å². The number of hydrogen-bond donors (Lipinski definition) is 0. The van der Waals surface area contributed by atoms with E-state index in [-0.39, 0.29) is 23.3 Å². The molecule has 0 saturated heterocycles. The first-order chi connectivity index (χ1) is 11.5. The lowest BCUT2D eigenvalue weighted by Crippen LogP contribution is -2.41. The zero-order chi connectivity index (χ0) is 17.3. The molecule has 1 aromatic carbocycles. The molecular formula is C20H24N2O2. The fourth-order valence-corrected chi connectivity index (χ4v) is 3.50. The molecule has 126 valence electrons. The summed E-state index contributed by atoms with van der Waals surface area (Å²) in [5.74, 6) is 0.289. The third-order valence-electron chi connectivity index (χ3n) is 4.82. The van der Waals surface area contributed by atoms with Gasteiger partial charge in [-0.1, -0.05) is 44.2 Å². The van der Waals surface area contributed by atoms with Gasteiger partial charge in [0.2, 0.25) is 5.91 Å². The molecule has 0 saturated carbocycles. The van der Waals surface area contributed by atoms with Crippen LogP contribution in [0.1, 0.15) is 36.5 Å². The molecule has 1 atom stereocenters. The Hall–Kier alpha value is -2.36. The van der Waals surface area contributed by atoms with E-state index in [4.69, 9.17) is 0 Å². The van der Waals surface area contributed by atoms with Gasteiger partial charge in [-0.05, 0) is 29.0 Å². The van der Waals surface area contributed by atoms with Gasteiger partial charge in [-0.25, -0.2) is 0 Å². The Labute approximate surface area is 142 Å². The number of carbonyl (C=O) groups is 1. The molecule has 3 rings (SSSR count). The predicted molar refractivity (Wildman–Crippen MR) is 94.8 cm³/mol. The van der Waals surface area contributed by atoms with E-state index in [2.05, 4.69) is 13.8 Å². The monoisotopic (exact) mass is 324 g/mol. The molecule has 0 radical (unpaired) electrons. The second-order valence-corrected chi connectivity index (χ2v) is 6.92. The maximum Gasteiger partial charge on any atom is 0.250 e. The molecule has 24 heavy (non-hydrogen) atoms. The first-order valence-electron chi connectivity index (χ1n) is 8.49. The van der Waals surface area contributed by atoms with E-state index in [1.54, 1.807) is 17.7 Å². The molecule has 0 bridgehead atoms. The lowest BCUT2D eigenvalue weighted by Gasteiger charge is -2.33. The molecule has 1 aliphatic heterocycles. The largest absolute Gasteiger partial charge is 0.337 e. The second kappa shape index (κ2) is 6.63. The van der Waals surface area contributed by atoms with Crippen LogP contribution in [0.3, 0.4) is 0 Å². The van der Waals surface area contributed by atoms with Crippen LogP contribution in [0.25, 0.3) is 0 Å². The normalized spacial score (nSPS) is 15.2. The Kier molecular flexibility index (Phi) is 4.56. The summed E-state index contributed by atoms with van der Waals surface area (Å²) in [7, 11) is 1.75. The zero-order valence-corrected chi connectivity index (χ0v) is 14.5. The van der Waals surface area contributed by atoms with Crippen molar-refractivity contribution in [2.45, 2.75) is 32.7 Å². The summed E-state index contributed by atoms with van der Waals surface area (Å²) >= 11 is 0. The summed E-state index contributed by atoms with van der Waals surface area (Å²) < 4.78 is 1.59. The lowest BCUT2D eigenvalue weighted by atomic mass is 9.86. The fraction of sp³-hybridized carbons (Fsp3) is 0.400. The fourth-order valence-electron chi connectivity index (χ4n) is 3.50. The average molecular weight is 324 g/mol. The number of benzene rings is 1. The van der Waals surface area contributed by atoms with Gasteiger partial charge in [-0.3, -0.25) is 9.59 Å². The molecule has 2 heterocycles. The van der Waals surface area contributed by atoms with Crippen LogP contribution in [0.4, 0.5) is 0 Å². The van der Waals surface area contributed by atoms with Crippen LogP contribution in [0.5, 0.6) is 0 Å². The molecule has 0 N–H and O–H groups in total. The highest BCUT2D eigenvalue weighted by atomic mass is 16.2. The quantitative estimate of drug-likeness (QED) is 0.871. The molecule has 4 heteroatoms. The highest BCUT2D eigenvalue weighted by Gasteiger charge is 2.30. The van der Waals surface area contributed by atoms with Crippen LogP contribution in [0.15, 0.2) is 47.4 Å². The Morgan fingerprint density at radius 2 is 1.83 bits per heavy atom. The number of hydrogen-bond acceptors (Lipinski definition) is 2. The smallest absolute Gasteiger partial charge is 0.250 e. The number of fused-ring (bicyclic) bond motifs is 1. The van der Waals surface area contributed by atoms with Crippen LogP contribution in [0, 0.1) is 5.92 Å². The highest BCUT2D eigenvalue weighted by molar-refractivity contribution is 5.84. The first kappa shape index (κ1) is 16.5. The zero-order valence-electron chi connectivity index (χ0n) is 14.5. The second-order valence-electron chi connectivity index (χ2n) is 6.92. The van der Waals surface area contributed by atoms with Gasteiger partial charge in [0.25, 0.3) is 5.56 Å². The van der Waals surface area contributed by atoms with Gasteiger partial charge in [0.05, 0.1) is 5.92 Å². The maximum absolute atomic E-state index is 13.2. The summed E-state index contributed by atoms with van der Waals surface area (Å²) in [5, 5.41) is 0. The van der Waals surface area contributed by atoms with Crippen molar-refractivity contribution in [1.82, 2.24) is 9.47 Å². The SMILES string of the molecule is CC(C)C(C(=O)N1CCc2cc(=O)n(C)cc2C1)c1ccccc1. The van der Waals surface area contributed by atoms with Gasteiger partial charge in [0.1, 0.15) is 0 Å². The number of rotatable bonds is 3. The van der Waals surface area contributed by atoms with Crippen molar-refractivity contribution in [3.05, 3.63) is 69.6 Å². The van der Waals surface area contributed by atoms with E-state index in [1.165, 1.54) is 0 Å². The minimum atomic E-state index is -0.125. The van der Waals surface area contributed by atoms with E-state index in [0.29, 0.717) is 13.1 Å². The first-order valence-corrected chi connectivity index (χ1v) is 8.49. The predicted octanol–water partition coefficient (Wildman–Crippen LogP) is 2.71. The summed E-state index contributed by atoms with van der Waals surface area (Å²) in [5.41, 5.74) is 3.23. The van der Waals surface area contributed by atoms with Crippen LogP contribution < -0.4 is 5.56 Å². The molecule has 1 unspecified atom stereocenters. The van der Waals surface area contributed by atoms with Crippen molar-refractivity contribution < 1.29 is 4.79 Å². The molecule has 1 aliphatic rings. The number of amides is 1. The van der Waals surface area contributed by atoms with Crippen LogP contribution in [-0.2, 0) is 24.8 Å². The summed E-state index contributed by atoms with van der Waals surface area (Å²) in [6, 6.07) is 11.7. The van der Waals surface area contributed by atoms with Crippen LogP contribution in [0.2, 0.25) is 0 Å². The Morgan fingerprint density at radius 1 is 1.12 bits per heavy atom. The van der Waals surface area contributed by atoms with E-state index < -0.39 is 0 Å². The number of nitrogens with zero attached hydrogens (tertiary/aromatic N) is 2. The molecule has 4 nitrogen and oxygen atoms in total. The molecule has 0 aliphatic carbocycles. The third kappa shape index (κ3) is 3.14. The Morgan fingerprint density at radius 3 is 2.50 bits per heavy atom. The highest BCUT2D eigenvalue weighted by Crippen LogP contribution is 2.29. The third-order valence-corrected chi connectivity index (χ3v) is 4.82. The molecule has 0 fully saturated rings. The number of aromatic nitrogens is 1. The van der Waals surface area contributed by atoms with Crippen molar-refractivity contribution in [2.24, 2.45) is 13.0 Å². The minimum Gasteiger partial charge on any atom is -0.337 e. The van der Waals surface area contributed by atoms with Gasteiger partial charge in [-0.15, -0.1) is 0 Å². The molecule has 1 amide bonds. The number of pyridine rings is 1.